The molecule has 0 amide bonds. The van der Waals surface area contributed by atoms with Gasteiger partial charge in [0.2, 0.25) is 0 Å². The van der Waals surface area contributed by atoms with E-state index >= 15 is 0 Å². The van der Waals surface area contributed by atoms with Crippen molar-refractivity contribution in [3.05, 3.63) is 34.1 Å². The van der Waals surface area contributed by atoms with Crippen molar-refractivity contribution >= 4 is 15.9 Å². The lowest BCUT2D eigenvalue weighted by Crippen LogP contribution is -2.31. The standard InChI is InChI=1S/C13H19BrFN/c1-9(2)13(16-3)7-4-10-8-11(14)5-6-12(10)15/h5-6,8-9,13,16H,4,7H2,1-3H3. The second kappa shape index (κ2) is 6.36. The highest BCUT2D eigenvalue weighted by molar-refractivity contribution is 9.10. The van der Waals surface area contributed by atoms with Gasteiger partial charge in [-0.2, -0.15) is 0 Å². The van der Waals surface area contributed by atoms with Gasteiger partial charge in [-0.1, -0.05) is 29.8 Å². The molecule has 1 aromatic rings. The van der Waals surface area contributed by atoms with Gasteiger partial charge in [0.1, 0.15) is 5.82 Å². The zero-order chi connectivity index (χ0) is 12.1. The normalized spacial score (nSPS) is 13.1. The summed E-state index contributed by atoms with van der Waals surface area (Å²) in [5.74, 6) is 0.460. The molecular formula is C13H19BrFN. The summed E-state index contributed by atoms with van der Waals surface area (Å²) in [6.07, 6.45) is 1.73. The van der Waals surface area contributed by atoms with E-state index in [1.54, 1.807) is 6.07 Å². The number of benzene rings is 1. The highest BCUT2D eigenvalue weighted by atomic mass is 79.9. The summed E-state index contributed by atoms with van der Waals surface area (Å²) in [6.45, 7) is 4.36. The van der Waals surface area contributed by atoms with Crippen LogP contribution in [0.4, 0.5) is 4.39 Å². The zero-order valence-electron chi connectivity index (χ0n) is 10.1. The molecule has 1 unspecified atom stereocenters. The van der Waals surface area contributed by atoms with Gasteiger partial charge in [-0.05, 0) is 49.6 Å². The van der Waals surface area contributed by atoms with Crippen molar-refractivity contribution in [2.24, 2.45) is 5.92 Å². The Balaban J connectivity index is 2.63. The molecule has 0 spiro atoms. The molecule has 0 aliphatic rings. The van der Waals surface area contributed by atoms with E-state index in [1.807, 2.05) is 13.1 Å². The van der Waals surface area contributed by atoms with Gasteiger partial charge < -0.3 is 5.32 Å². The van der Waals surface area contributed by atoms with Gasteiger partial charge in [0.05, 0.1) is 0 Å². The van der Waals surface area contributed by atoms with E-state index in [0.29, 0.717) is 12.0 Å². The van der Waals surface area contributed by atoms with E-state index in [2.05, 4.69) is 35.1 Å². The van der Waals surface area contributed by atoms with E-state index in [9.17, 15) is 4.39 Å². The summed E-state index contributed by atoms with van der Waals surface area (Å²) in [7, 11) is 1.96. The highest BCUT2D eigenvalue weighted by Crippen LogP contribution is 2.18. The maximum atomic E-state index is 13.5. The fourth-order valence-corrected chi connectivity index (χ4v) is 2.27. The second-order valence-electron chi connectivity index (χ2n) is 4.41. The highest BCUT2D eigenvalue weighted by Gasteiger charge is 2.12. The Morgan fingerprint density at radius 2 is 2.06 bits per heavy atom. The topological polar surface area (TPSA) is 12.0 Å². The van der Waals surface area contributed by atoms with Crippen LogP contribution in [0.3, 0.4) is 0 Å². The van der Waals surface area contributed by atoms with Crippen LogP contribution in [0.5, 0.6) is 0 Å². The molecule has 0 fully saturated rings. The predicted molar refractivity (Wildman–Crippen MR) is 70.1 cm³/mol. The van der Waals surface area contributed by atoms with Gasteiger partial charge in [-0.25, -0.2) is 4.39 Å². The SMILES string of the molecule is CNC(CCc1cc(Br)ccc1F)C(C)C. The van der Waals surface area contributed by atoms with E-state index in [4.69, 9.17) is 0 Å². The first-order chi connectivity index (χ1) is 7.54. The molecule has 90 valence electrons. The third-order valence-corrected chi connectivity index (χ3v) is 3.40. The molecule has 0 aromatic heterocycles. The van der Waals surface area contributed by atoms with E-state index in [1.165, 1.54) is 6.07 Å². The van der Waals surface area contributed by atoms with Crippen molar-refractivity contribution in [2.75, 3.05) is 7.05 Å². The Morgan fingerprint density at radius 1 is 1.38 bits per heavy atom. The molecule has 1 nitrogen and oxygen atoms in total. The van der Waals surface area contributed by atoms with Crippen molar-refractivity contribution in [1.29, 1.82) is 0 Å². The monoisotopic (exact) mass is 287 g/mol. The number of hydrogen-bond donors (Lipinski definition) is 1. The number of nitrogens with one attached hydrogen (secondary N) is 1. The number of rotatable bonds is 5. The van der Waals surface area contributed by atoms with Gasteiger partial charge in [-0.15, -0.1) is 0 Å². The Labute approximate surface area is 106 Å². The van der Waals surface area contributed by atoms with E-state index in [0.717, 1.165) is 22.9 Å². The lowest BCUT2D eigenvalue weighted by molar-refractivity contribution is 0.400. The largest absolute Gasteiger partial charge is 0.317 e. The lowest BCUT2D eigenvalue weighted by atomic mass is 9.97. The smallest absolute Gasteiger partial charge is 0.126 e. The Kier molecular flexibility index (Phi) is 5.42. The van der Waals surface area contributed by atoms with Crippen LogP contribution < -0.4 is 5.32 Å². The Bertz CT molecular complexity index is 339. The minimum Gasteiger partial charge on any atom is -0.317 e. The molecule has 1 rings (SSSR count). The number of aryl methyl sites for hydroxylation is 1. The fraction of sp³-hybridized carbons (Fsp3) is 0.538. The molecule has 0 aliphatic carbocycles. The molecule has 0 aliphatic heterocycles. The van der Waals surface area contributed by atoms with Crippen molar-refractivity contribution < 1.29 is 4.39 Å². The van der Waals surface area contributed by atoms with E-state index in [-0.39, 0.29) is 5.82 Å². The van der Waals surface area contributed by atoms with Crippen molar-refractivity contribution in [3.8, 4) is 0 Å². The van der Waals surface area contributed by atoms with Gasteiger partial charge in [-0.3, -0.25) is 0 Å². The van der Waals surface area contributed by atoms with Crippen LogP contribution in [0.25, 0.3) is 0 Å². The third-order valence-electron chi connectivity index (χ3n) is 2.91. The first kappa shape index (κ1) is 13.7. The Morgan fingerprint density at radius 3 is 2.62 bits per heavy atom. The van der Waals surface area contributed by atoms with Gasteiger partial charge >= 0.3 is 0 Å². The minimum absolute atomic E-state index is 0.109. The molecular weight excluding hydrogens is 269 g/mol. The number of halogens is 2. The molecule has 3 heteroatoms. The quantitative estimate of drug-likeness (QED) is 0.869. The summed E-state index contributed by atoms with van der Waals surface area (Å²) < 4.78 is 14.4. The Hall–Kier alpha value is -0.410. The molecule has 0 heterocycles. The fourth-order valence-electron chi connectivity index (χ4n) is 1.86. The molecule has 1 atom stereocenters. The zero-order valence-corrected chi connectivity index (χ0v) is 11.6. The molecule has 0 saturated carbocycles. The van der Waals surface area contributed by atoms with Crippen LogP contribution in [-0.2, 0) is 6.42 Å². The van der Waals surface area contributed by atoms with E-state index < -0.39 is 0 Å². The van der Waals surface area contributed by atoms with Crippen LogP contribution in [-0.4, -0.2) is 13.1 Å². The van der Waals surface area contributed by atoms with Gasteiger partial charge in [0.15, 0.2) is 0 Å². The van der Waals surface area contributed by atoms with Crippen molar-refractivity contribution in [1.82, 2.24) is 5.32 Å². The van der Waals surface area contributed by atoms with Crippen LogP contribution >= 0.6 is 15.9 Å². The van der Waals surface area contributed by atoms with Crippen LogP contribution in [0, 0.1) is 11.7 Å². The number of hydrogen-bond acceptors (Lipinski definition) is 1. The molecule has 0 bridgehead atoms. The average molecular weight is 288 g/mol. The predicted octanol–water partition coefficient (Wildman–Crippen LogP) is 3.76. The molecule has 0 saturated heterocycles. The van der Waals surface area contributed by atoms with Crippen LogP contribution in [0.1, 0.15) is 25.8 Å². The molecule has 16 heavy (non-hydrogen) atoms. The van der Waals surface area contributed by atoms with Crippen molar-refractivity contribution in [3.63, 3.8) is 0 Å². The minimum atomic E-state index is -0.109. The first-order valence-electron chi connectivity index (χ1n) is 5.65. The molecule has 1 N–H and O–H groups in total. The van der Waals surface area contributed by atoms with Crippen LogP contribution in [0.2, 0.25) is 0 Å². The maximum absolute atomic E-state index is 13.5. The van der Waals surface area contributed by atoms with Crippen molar-refractivity contribution in [2.45, 2.75) is 32.7 Å². The summed E-state index contributed by atoms with van der Waals surface area (Å²) in [5.41, 5.74) is 0.787. The van der Waals surface area contributed by atoms with Gasteiger partial charge in [0.25, 0.3) is 0 Å². The summed E-state index contributed by atoms with van der Waals surface area (Å²) in [5, 5.41) is 3.27. The maximum Gasteiger partial charge on any atom is 0.126 e. The lowest BCUT2D eigenvalue weighted by Gasteiger charge is -2.20. The molecule has 0 radical (unpaired) electrons. The molecule has 1 aromatic carbocycles. The average Bonchev–Trinajstić information content (AvgIpc) is 2.23. The summed E-state index contributed by atoms with van der Waals surface area (Å²) in [6, 6.07) is 5.56. The van der Waals surface area contributed by atoms with Crippen LogP contribution in [0.15, 0.2) is 22.7 Å². The summed E-state index contributed by atoms with van der Waals surface area (Å²) >= 11 is 3.37. The first-order valence-corrected chi connectivity index (χ1v) is 6.45. The van der Waals surface area contributed by atoms with Gasteiger partial charge in [0, 0.05) is 10.5 Å². The third kappa shape index (κ3) is 3.87. The second-order valence-corrected chi connectivity index (χ2v) is 5.33. The summed E-state index contributed by atoms with van der Waals surface area (Å²) in [4.78, 5) is 0.